The smallest absolute Gasteiger partial charge is 0.336 e. The van der Waals surface area contributed by atoms with Crippen molar-refractivity contribution in [3.63, 3.8) is 0 Å². The highest BCUT2D eigenvalue weighted by atomic mass is 16.5. The molecule has 4 rings (SSSR count). The summed E-state index contributed by atoms with van der Waals surface area (Å²) in [5.74, 6) is 0.807. The van der Waals surface area contributed by atoms with Gasteiger partial charge in [-0.05, 0) is 90.5 Å². The van der Waals surface area contributed by atoms with Gasteiger partial charge in [0.05, 0.1) is 44.6 Å². The van der Waals surface area contributed by atoms with Gasteiger partial charge in [-0.1, -0.05) is 50.2 Å². The first-order valence-electron chi connectivity index (χ1n) is 17.5. The Morgan fingerprint density at radius 2 is 1.57 bits per heavy atom. The zero-order valence-corrected chi connectivity index (χ0v) is 28.3. The van der Waals surface area contributed by atoms with E-state index >= 15 is 0 Å². The fourth-order valence-corrected chi connectivity index (χ4v) is 6.65. The number of fused-ring (bicyclic) bond motifs is 2. The summed E-state index contributed by atoms with van der Waals surface area (Å²) >= 11 is 0. The van der Waals surface area contributed by atoms with Crippen molar-refractivity contribution < 1.29 is 13.6 Å². The maximum atomic E-state index is 12.3. The van der Waals surface area contributed by atoms with Crippen molar-refractivity contribution in [1.29, 1.82) is 0 Å². The molecule has 8 heteroatoms. The molecule has 0 unspecified atom stereocenters. The molecule has 0 saturated carbocycles. The highest BCUT2D eigenvalue weighted by Crippen LogP contribution is 2.36. The van der Waals surface area contributed by atoms with Gasteiger partial charge in [0, 0.05) is 24.1 Å². The van der Waals surface area contributed by atoms with E-state index in [0.717, 1.165) is 47.3 Å². The Morgan fingerprint density at radius 1 is 0.909 bits per heavy atom. The van der Waals surface area contributed by atoms with Crippen LogP contribution >= 0.6 is 0 Å². The lowest BCUT2D eigenvalue weighted by Crippen LogP contribution is -2.48. The van der Waals surface area contributed by atoms with Crippen LogP contribution in [0.25, 0.3) is 11.0 Å². The van der Waals surface area contributed by atoms with Crippen LogP contribution in [0.15, 0.2) is 33.6 Å². The second kappa shape index (κ2) is 16.6. The predicted octanol–water partition coefficient (Wildman–Crippen LogP) is 7.40. The molecule has 244 valence electrons. The Kier molecular flexibility index (Phi) is 12.9. The zero-order valence-electron chi connectivity index (χ0n) is 28.3. The van der Waals surface area contributed by atoms with Crippen molar-refractivity contribution in [3.05, 3.63) is 51.6 Å². The third kappa shape index (κ3) is 9.90. The molecule has 3 aromatic rings. The van der Waals surface area contributed by atoms with Crippen molar-refractivity contribution in [1.82, 2.24) is 20.3 Å². The van der Waals surface area contributed by atoms with E-state index in [-0.39, 0.29) is 11.2 Å². The van der Waals surface area contributed by atoms with Crippen LogP contribution in [-0.2, 0) is 19.5 Å². The second-order valence-electron chi connectivity index (χ2n) is 13.5. The Labute approximate surface area is 265 Å². The largest absolute Gasteiger partial charge is 0.487 e. The van der Waals surface area contributed by atoms with Crippen LogP contribution in [0.2, 0.25) is 0 Å². The number of rotatable bonds is 20. The number of quaternary nitrogens is 1. The van der Waals surface area contributed by atoms with E-state index in [1.807, 2.05) is 12.3 Å². The summed E-state index contributed by atoms with van der Waals surface area (Å²) in [6.07, 6.45) is 17.4. The average molecular weight is 609 g/mol. The lowest BCUT2D eigenvalue weighted by Gasteiger charge is -2.35. The van der Waals surface area contributed by atoms with Gasteiger partial charge in [-0.3, -0.25) is 0 Å². The molecule has 3 heterocycles. The fourth-order valence-electron chi connectivity index (χ4n) is 6.65. The van der Waals surface area contributed by atoms with E-state index in [1.165, 1.54) is 94.9 Å². The average Bonchev–Trinajstić information content (AvgIpc) is 3.45. The van der Waals surface area contributed by atoms with E-state index < -0.39 is 0 Å². The summed E-state index contributed by atoms with van der Waals surface area (Å²) in [7, 11) is 0. The monoisotopic (exact) mass is 608 g/mol. The summed E-state index contributed by atoms with van der Waals surface area (Å²) in [6.45, 7) is 18.6. The quantitative estimate of drug-likeness (QED) is 0.0818. The van der Waals surface area contributed by atoms with Gasteiger partial charge in [0.1, 0.15) is 16.9 Å². The van der Waals surface area contributed by atoms with Gasteiger partial charge in [0.15, 0.2) is 0 Å². The second-order valence-corrected chi connectivity index (χ2v) is 13.5. The first kappa shape index (κ1) is 34.2. The first-order chi connectivity index (χ1) is 21.3. The predicted molar refractivity (Wildman–Crippen MR) is 179 cm³/mol. The summed E-state index contributed by atoms with van der Waals surface area (Å²) in [5.41, 5.74) is 2.92. The van der Waals surface area contributed by atoms with Crippen LogP contribution in [0.3, 0.4) is 0 Å². The topological polar surface area (TPSA) is 82.2 Å². The van der Waals surface area contributed by atoms with E-state index in [0.29, 0.717) is 18.7 Å². The Morgan fingerprint density at radius 3 is 2.25 bits per heavy atom. The molecule has 0 bridgehead atoms. The Hall–Kier alpha value is -2.71. The molecule has 0 spiro atoms. The van der Waals surface area contributed by atoms with Crippen LogP contribution in [0, 0.1) is 0 Å². The zero-order chi connectivity index (χ0) is 31.4. The van der Waals surface area contributed by atoms with E-state index in [4.69, 9.17) is 9.15 Å². The van der Waals surface area contributed by atoms with E-state index in [1.54, 1.807) is 10.7 Å². The molecule has 1 aromatic carbocycles. The highest BCUT2D eigenvalue weighted by Gasteiger charge is 2.27. The van der Waals surface area contributed by atoms with Gasteiger partial charge in [-0.2, -0.15) is 0 Å². The molecule has 0 fully saturated rings. The number of hydrogen-bond acceptors (Lipinski definition) is 6. The number of benzene rings is 1. The standard InChI is InChI=1S/C36H58N5O3/c1-6-41(7-2,8-3)22-18-16-14-12-10-9-11-13-15-17-21-37-26-31-28-40(39-38-31)27-30-24-35(42)43-34-25-33-29(23-32(30)34)19-20-36(4,5)44-33/h23-25,28,37H,6-22,26-27H2,1-5H3/q+1. The number of hydrogen-bond donors (Lipinski definition) is 1. The molecular formula is C36H58N5O3+. The minimum absolute atomic E-state index is 0.214. The molecule has 0 aliphatic carbocycles. The maximum absolute atomic E-state index is 12.3. The van der Waals surface area contributed by atoms with Crippen molar-refractivity contribution in [2.45, 2.75) is 130 Å². The molecule has 0 radical (unpaired) electrons. The third-order valence-corrected chi connectivity index (χ3v) is 9.87. The van der Waals surface area contributed by atoms with Crippen molar-refractivity contribution in [2.24, 2.45) is 0 Å². The van der Waals surface area contributed by atoms with Crippen molar-refractivity contribution >= 4 is 11.0 Å². The number of unbranched alkanes of at least 4 members (excludes halogenated alkanes) is 9. The molecule has 8 nitrogen and oxygen atoms in total. The van der Waals surface area contributed by atoms with Gasteiger partial charge < -0.3 is 19.0 Å². The number of aryl methyl sites for hydroxylation is 1. The minimum Gasteiger partial charge on any atom is -0.487 e. The fraction of sp³-hybridized carbons (Fsp3) is 0.694. The van der Waals surface area contributed by atoms with Crippen LogP contribution in [0.5, 0.6) is 5.75 Å². The summed E-state index contributed by atoms with van der Waals surface area (Å²) in [6, 6.07) is 5.54. The third-order valence-electron chi connectivity index (χ3n) is 9.87. The van der Waals surface area contributed by atoms with Crippen molar-refractivity contribution in [3.8, 4) is 5.75 Å². The number of aromatic nitrogens is 3. The summed E-state index contributed by atoms with van der Waals surface area (Å²) in [4.78, 5) is 12.3. The van der Waals surface area contributed by atoms with Gasteiger partial charge >= 0.3 is 5.63 Å². The van der Waals surface area contributed by atoms with Crippen LogP contribution in [0.1, 0.15) is 122 Å². The number of nitrogens with zero attached hydrogens (tertiary/aromatic N) is 4. The van der Waals surface area contributed by atoms with Gasteiger partial charge in [-0.25, -0.2) is 9.48 Å². The van der Waals surface area contributed by atoms with Gasteiger partial charge in [-0.15, -0.1) is 5.10 Å². The molecule has 1 aliphatic rings. The molecule has 0 amide bonds. The highest BCUT2D eigenvalue weighted by molar-refractivity contribution is 5.83. The normalized spacial score (nSPS) is 14.6. The molecule has 44 heavy (non-hydrogen) atoms. The van der Waals surface area contributed by atoms with Crippen LogP contribution in [0.4, 0.5) is 0 Å². The van der Waals surface area contributed by atoms with Crippen LogP contribution < -0.4 is 15.7 Å². The Balaban J connectivity index is 1.09. The summed E-state index contributed by atoms with van der Waals surface area (Å²) in [5, 5.41) is 13.1. The number of nitrogens with one attached hydrogen (secondary N) is 1. The first-order valence-corrected chi connectivity index (χ1v) is 17.5. The SMILES string of the molecule is CC[N+](CC)(CC)CCCCCCCCCCCCNCc1cn(Cc2cc(=O)oc3cc4c(cc23)CCC(C)(C)O4)nn1. The molecule has 0 atom stereocenters. The Bertz CT molecular complexity index is 1350. The molecular weight excluding hydrogens is 550 g/mol. The lowest BCUT2D eigenvalue weighted by molar-refractivity contribution is -0.923. The molecule has 1 aliphatic heterocycles. The number of ether oxygens (including phenoxy) is 1. The van der Waals surface area contributed by atoms with Crippen molar-refractivity contribution in [2.75, 3.05) is 32.7 Å². The maximum Gasteiger partial charge on any atom is 0.336 e. The minimum atomic E-state index is -0.364. The lowest BCUT2D eigenvalue weighted by atomic mass is 9.93. The molecule has 1 N–H and O–H groups in total. The van der Waals surface area contributed by atoms with E-state index in [2.05, 4.69) is 56.3 Å². The van der Waals surface area contributed by atoms with Gasteiger partial charge in [0.2, 0.25) is 0 Å². The summed E-state index contributed by atoms with van der Waals surface area (Å²) < 4.78 is 14.8. The molecule has 0 saturated heterocycles. The van der Waals surface area contributed by atoms with Gasteiger partial charge in [0.25, 0.3) is 0 Å². The van der Waals surface area contributed by atoms with E-state index in [9.17, 15) is 4.79 Å². The molecule has 2 aromatic heterocycles. The van der Waals surface area contributed by atoms with Crippen LogP contribution in [-0.4, -0.2) is 57.8 Å².